The SMILES string of the molecule is CNCC(=O)c1cc(Br)c(C)cc1C. The van der Waals surface area contributed by atoms with E-state index >= 15 is 0 Å². The molecule has 0 fully saturated rings. The van der Waals surface area contributed by atoms with Crippen molar-refractivity contribution in [1.82, 2.24) is 5.32 Å². The zero-order valence-electron chi connectivity index (χ0n) is 8.65. The van der Waals surface area contributed by atoms with Crippen molar-refractivity contribution in [3.8, 4) is 0 Å². The van der Waals surface area contributed by atoms with Crippen molar-refractivity contribution in [1.29, 1.82) is 0 Å². The molecule has 0 spiro atoms. The number of nitrogens with one attached hydrogen (secondary N) is 1. The topological polar surface area (TPSA) is 29.1 Å². The standard InChI is InChI=1S/C11H14BrNO/c1-7-4-8(2)10(12)5-9(7)11(14)6-13-3/h4-5,13H,6H2,1-3H3. The molecule has 1 aromatic rings. The van der Waals surface area contributed by atoms with Crippen LogP contribution in [-0.4, -0.2) is 19.4 Å². The highest BCUT2D eigenvalue weighted by Crippen LogP contribution is 2.21. The highest BCUT2D eigenvalue weighted by Gasteiger charge is 2.09. The van der Waals surface area contributed by atoms with Crippen LogP contribution in [0.25, 0.3) is 0 Å². The van der Waals surface area contributed by atoms with Crippen molar-refractivity contribution in [3.05, 3.63) is 33.3 Å². The number of hydrogen-bond acceptors (Lipinski definition) is 2. The van der Waals surface area contributed by atoms with Crippen molar-refractivity contribution in [2.45, 2.75) is 13.8 Å². The molecule has 0 atom stereocenters. The third kappa shape index (κ3) is 2.42. The summed E-state index contributed by atoms with van der Waals surface area (Å²) in [4.78, 5) is 11.6. The minimum Gasteiger partial charge on any atom is -0.313 e. The molecule has 0 heterocycles. The Morgan fingerprint density at radius 2 is 2.00 bits per heavy atom. The van der Waals surface area contributed by atoms with E-state index in [1.807, 2.05) is 26.0 Å². The van der Waals surface area contributed by atoms with E-state index in [4.69, 9.17) is 0 Å². The number of ketones is 1. The summed E-state index contributed by atoms with van der Waals surface area (Å²) in [7, 11) is 1.77. The normalized spacial score (nSPS) is 10.3. The molecule has 1 aromatic carbocycles. The summed E-state index contributed by atoms with van der Waals surface area (Å²) in [5.41, 5.74) is 2.98. The summed E-state index contributed by atoms with van der Waals surface area (Å²) in [6.45, 7) is 4.36. The summed E-state index contributed by atoms with van der Waals surface area (Å²) < 4.78 is 0.988. The lowest BCUT2D eigenvalue weighted by molar-refractivity contribution is 0.0993. The van der Waals surface area contributed by atoms with Gasteiger partial charge >= 0.3 is 0 Å². The van der Waals surface area contributed by atoms with E-state index in [1.54, 1.807) is 7.05 Å². The van der Waals surface area contributed by atoms with Gasteiger partial charge in [0.15, 0.2) is 5.78 Å². The van der Waals surface area contributed by atoms with Crippen LogP contribution in [0.2, 0.25) is 0 Å². The van der Waals surface area contributed by atoms with Gasteiger partial charge in [-0.25, -0.2) is 0 Å². The van der Waals surface area contributed by atoms with Gasteiger partial charge in [-0.15, -0.1) is 0 Å². The Morgan fingerprint density at radius 1 is 1.36 bits per heavy atom. The van der Waals surface area contributed by atoms with E-state index in [1.165, 1.54) is 0 Å². The zero-order valence-corrected chi connectivity index (χ0v) is 10.2. The van der Waals surface area contributed by atoms with E-state index in [-0.39, 0.29) is 5.78 Å². The maximum absolute atomic E-state index is 11.6. The first kappa shape index (κ1) is 11.4. The van der Waals surface area contributed by atoms with Gasteiger partial charge in [-0.2, -0.15) is 0 Å². The Hall–Kier alpha value is -0.670. The number of rotatable bonds is 3. The van der Waals surface area contributed by atoms with Crippen LogP contribution in [0, 0.1) is 13.8 Å². The number of aryl methyl sites for hydroxylation is 2. The Labute approximate surface area is 92.8 Å². The molecule has 1 N–H and O–H groups in total. The average Bonchev–Trinajstić information content (AvgIpc) is 2.11. The van der Waals surface area contributed by atoms with Crippen LogP contribution in [0.4, 0.5) is 0 Å². The van der Waals surface area contributed by atoms with Gasteiger partial charge in [-0.05, 0) is 38.1 Å². The van der Waals surface area contributed by atoms with E-state index in [0.29, 0.717) is 6.54 Å². The monoisotopic (exact) mass is 255 g/mol. The highest BCUT2D eigenvalue weighted by atomic mass is 79.9. The fraction of sp³-hybridized carbons (Fsp3) is 0.364. The molecule has 14 heavy (non-hydrogen) atoms. The number of Topliss-reactive ketones (excluding diaryl/α,β-unsaturated/α-hetero) is 1. The van der Waals surface area contributed by atoms with Crippen molar-refractivity contribution < 1.29 is 4.79 Å². The Morgan fingerprint density at radius 3 is 2.57 bits per heavy atom. The number of likely N-dealkylation sites (N-methyl/N-ethyl adjacent to an activating group) is 1. The van der Waals surface area contributed by atoms with Gasteiger partial charge in [0.2, 0.25) is 0 Å². The Kier molecular flexibility index (Phi) is 3.84. The van der Waals surface area contributed by atoms with E-state index in [0.717, 1.165) is 21.2 Å². The molecular formula is C11H14BrNO. The molecule has 0 bridgehead atoms. The van der Waals surface area contributed by atoms with Crippen LogP contribution >= 0.6 is 15.9 Å². The predicted molar refractivity (Wildman–Crippen MR) is 61.9 cm³/mol. The third-order valence-electron chi connectivity index (χ3n) is 2.14. The van der Waals surface area contributed by atoms with Gasteiger partial charge < -0.3 is 5.32 Å². The predicted octanol–water partition coefficient (Wildman–Crippen LogP) is 2.47. The lowest BCUT2D eigenvalue weighted by Gasteiger charge is -2.07. The van der Waals surface area contributed by atoms with Crippen molar-refractivity contribution in [2.24, 2.45) is 0 Å². The van der Waals surface area contributed by atoms with Crippen molar-refractivity contribution in [3.63, 3.8) is 0 Å². The molecule has 76 valence electrons. The molecule has 0 aliphatic carbocycles. The molecule has 0 radical (unpaired) electrons. The molecule has 0 amide bonds. The fourth-order valence-corrected chi connectivity index (χ4v) is 1.73. The fourth-order valence-electron chi connectivity index (χ4n) is 1.38. The Bertz CT molecular complexity index is 361. The molecule has 0 aromatic heterocycles. The second kappa shape index (κ2) is 4.71. The smallest absolute Gasteiger partial charge is 0.176 e. The average molecular weight is 256 g/mol. The highest BCUT2D eigenvalue weighted by molar-refractivity contribution is 9.10. The number of halogens is 1. The number of hydrogen-bond donors (Lipinski definition) is 1. The van der Waals surface area contributed by atoms with Gasteiger partial charge in [-0.3, -0.25) is 4.79 Å². The second-order valence-electron chi connectivity index (χ2n) is 3.37. The van der Waals surface area contributed by atoms with Gasteiger partial charge in [0.1, 0.15) is 0 Å². The van der Waals surface area contributed by atoms with Crippen LogP contribution in [0.1, 0.15) is 21.5 Å². The zero-order chi connectivity index (χ0) is 10.7. The first-order valence-electron chi connectivity index (χ1n) is 4.50. The van der Waals surface area contributed by atoms with Crippen LogP contribution < -0.4 is 5.32 Å². The molecule has 0 aliphatic rings. The summed E-state index contributed by atoms with van der Waals surface area (Å²) in [5, 5.41) is 2.86. The number of benzene rings is 1. The van der Waals surface area contributed by atoms with Crippen LogP contribution in [0.3, 0.4) is 0 Å². The van der Waals surface area contributed by atoms with E-state index in [9.17, 15) is 4.79 Å². The first-order chi connectivity index (χ1) is 6.56. The molecule has 3 heteroatoms. The summed E-state index contributed by atoms with van der Waals surface area (Å²) in [6, 6.07) is 3.91. The van der Waals surface area contributed by atoms with Crippen LogP contribution in [0.5, 0.6) is 0 Å². The quantitative estimate of drug-likeness (QED) is 0.842. The third-order valence-corrected chi connectivity index (χ3v) is 3.00. The molecule has 0 saturated heterocycles. The maximum Gasteiger partial charge on any atom is 0.176 e. The number of carbonyl (C=O) groups excluding carboxylic acids is 1. The second-order valence-corrected chi connectivity index (χ2v) is 4.22. The summed E-state index contributed by atoms with van der Waals surface area (Å²) >= 11 is 3.43. The number of carbonyl (C=O) groups is 1. The van der Waals surface area contributed by atoms with E-state index < -0.39 is 0 Å². The minimum atomic E-state index is 0.130. The van der Waals surface area contributed by atoms with Crippen LogP contribution in [0.15, 0.2) is 16.6 Å². The van der Waals surface area contributed by atoms with Gasteiger partial charge in [0.05, 0.1) is 6.54 Å². The molecule has 0 saturated carbocycles. The minimum absolute atomic E-state index is 0.130. The van der Waals surface area contributed by atoms with Gasteiger partial charge in [-0.1, -0.05) is 22.0 Å². The van der Waals surface area contributed by atoms with Gasteiger partial charge in [0.25, 0.3) is 0 Å². The lowest BCUT2D eigenvalue weighted by atomic mass is 10.0. The molecule has 0 aliphatic heterocycles. The van der Waals surface area contributed by atoms with Crippen molar-refractivity contribution in [2.75, 3.05) is 13.6 Å². The molecular weight excluding hydrogens is 242 g/mol. The molecule has 0 unspecified atom stereocenters. The molecule has 1 rings (SSSR count). The first-order valence-corrected chi connectivity index (χ1v) is 5.30. The molecule has 2 nitrogen and oxygen atoms in total. The van der Waals surface area contributed by atoms with Crippen LogP contribution in [-0.2, 0) is 0 Å². The summed E-state index contributed by atoms with van der Waals surface area (Å²) in [6.07, 6.45) is 0. The largest absolute Gasteiger partial charge is 0.313 e. The Balaban J connectivity index is 3.09. The van der Waals surface area contributed by atoms with Gasteiger partial charge in [0, 0.05) is 10.0 Å². The summed E-state index contributed by atoms with van der Waals surface area (Å²) in [5.74, 6) is 0.130. The lowest BCUT2D eigenvalue weighted by Crippen LogP contribution is -2.19. The maximum atomic E-state index is 11.6. The van der Waals surface area contributed by atoms with E-state index in [2.05, 4.69) is 21.2 Å². The van der Waals surface area contributed by atoms with Crippen molar-refractivity contribution >= 4 is 21.7 Å².